The van der Waals surface area contributed by atoms with Gasteiger partial charge in [0.25, 0.3) is 0 Å². The molecule has 3 aromatic rings. The topological polar surface area (TPSA) is 120 Å². The van der Waals surface area contributed by atoms with Crippen molar-refractivity contribution in [2.75, 3.05) is 24.7 Å². The number of benzene rings is 1. The first-order valence-electron chi connectivity index (χ1n) is 7.82. The van der Waals surface area contributed by atoms with Crippen LogP contribution >= 0.6 is 0 Å². The van der Waals surface area contributed by atoms with Crippen molar-refractivity contribution < 1.29 is 14.1 Å². The van der Waals surface area contributed by atoms with Gasteiger partial charge in [0, 0.05) is 19.7 Å². The Morgan fingerprint density at radius 2 is 1.92 bits per heavy atom. The number of nitrogens with two attached hydrogens (primary N) is 1. The van der Waals surface area contributed by atoms with Crippen molar-refractivity contribution in [3.8, 4) is 11.3 Å². The fraction of sp³-hybridized carbons (Fsp3) is 0.235. The smallest absolute Gasteiger partial charge is 0.344 e. The highest BCUT2D eigenvalue weighted by Gasteiger charge is 2.23. The minimum Gasteiger partial charge on any atom is -0.454 e. The highest BCUT2D eigenvalue weighted by Crippen LogP contribution is 2.25. The van der Waals surface area contributed by atoms with E-state index in [0.29, 0.717) is 17.4 Å². The van der Waals surface area contributed by atoms with Crippen molar-refractivity contribution in [1.82, 2.24) is 20.1 Å². The van der Waals surface area contributed by atoms with Crippen LogP contribution in [0.4, 0.5) is 11.9 Å². The van der Waals surface area contributed by atoms with Crippen LogP contribution in [0.5, 0.6) is 0 Å². The molecular formula is C17H18N6O3. The predicted molar refractivity (Wildman–Crippen MR) is 94.4 cm³/mol. The monoisotopic (exact) mass is 354 g/mol. The number of nitrogens with zero attached hydrogens (tertiary/aromatic N) is 5. The van der Waals surface area contributed by atoms with Crippen molar-refractivity contribution in [2.45, 2.75) is 13.5 Å². The molecule has 1 aromatic carbocycles. The minimum atomic E-state index is -0.576. The fourth-order valence-electron chi connectivity index (χ4n) is 2.30. The van der Waals surface area contributed by atoms with Gasteiger partial charge in [0.2, 0.25) is 11.9 Å². The number of esters is 1. The summed E-state index contributed by atoms with van der Waals surface area (Å²) in [5.41, 5.74) is 7.13. The van der Waals surface area contributed by atoms with Crippen molar-refractivity contribution in [3.63, 3.8) is 0 Å². The molecule has 0 amide bonds. The molecule has 0 fully saturated rings. The van der Waals surface area contributed by atoms with Crippen LogP contribution in [0, 0.1) is 6.92 Å². The van der Waals surface area contributed by atoms with Gasteiger partial charge in [-0.25, -0.2) is 4.79 Å². The summed E-state index contributed by atoms with van der Waals surface area (Å²) in [5.74, 6) is 0.492. The van der Waals surface area contributed by atoms with E-state index in [0.717, 1.165) is 5.56 Å². The molecule has 26 heavy (non-hydrogen) atoms. The Kier molecular flexibility index (Phi) is 4.78. The summed E-state index contributed by atoms with van der Waals surface area (Å²) < 4.78 is 10.5. The van der Waals surface area contributed by atoms with Crippen molar-refractivity contribution in [2.24, 2.45) is 0 Å². The highest BCUT2D eigenvalue weighted by molar-refractivity contribution is 5.97. The van der Waals surface area contributed by atoms with Gasteiger partial charge in [-0.15, -0.1) is 0 Å². The number of anilines is 2. The Bertz CT molecular complexity index is 924. The first-order valence-corrected chi connectivity index (χ1v) is 7.82. The normalized spacial score (nSPS) is 10.6. The maximum absolute atomic E-state index is 12.6. The zero-order valence-electron chi connectivity index (χ0n) is 14.6. The summed E-state index contributed by atoms with van der Waals surface area (Å²) in [4.78, 5) is 26.4. The summed E-state index contributed by atoms with van der Waals surface area (Å²) in [6.07, 6.45) is 0. The van der Waals surface area contributed by atoms with Gasteiger partial charge in [-0.3, -0.25) is 0 Å². The second-order valence-electron chi connectivity index (χ2n) is 5.71. The zero-order chi connectivity index (χ0) is 18.7. The highest BCUT2D eigenvalue weighted by atomic mass is 16.5. The number of hydrogen-bond acceptors (Lipinski definition) is 9. The third kappa shape index (κ3) is 3.61. The standard InChI is InChI=1S/C17H18N6O3/c1-10-13(14(22-26-10)11-7-5-4-6-8-11)15(24)25-9-12-19-16(18)21-17(20-12)23(2)3/h4-8H,9H2,1-3H3,(H2,18,19,20,21). The molecule has 0 unspecified atom stereocenters. The van der Waals surface area contributed by atoms with Gasteiger partial charge in [0.1, 0.15) is 17.0 Å². The molecule has 0 radical (unpaired) electrons. The largest absolute Gasteiger partial charge is 0.454 e. The minimum absolute atomic E-state index is 0.0564. The maximum Gasteiger partial charge on any atom is 0.344 e. The quantitative estimate of drug-likeness (QED) is 0.684. The average Bonchev–Trinajstić information content (AvgIpc) is 3.01. The second kappa shape index (κ2) is 7.18. The van der Waals surface area contributed by atoms with E-state index >= 15 is 0 Å². The molecule has 0 atom stereocenters. The van der Waals surface area contributed by atoms with Crippen LogP contribution in [0.2, 0.25) is 0 Å². The fourth-order valence-corrected chi connectivity index (χ4v) is 2.30. The van der Waals surface area contributed by atoms with E-state index in [9.17, 15) is 4.79 Å². The predicted octanol–water partition coefficient (Wildman–Crippen LogP) is 1.84. The number of rotatable bonds is 5. The van der Waals surface area contributed by atoms with Gasteiger partial charge in [-0.05, 0) is 6.92 Å². The first kappa shape index (κ1) is 17.3. The lowest BCUT2D eigenvalue weighted by molar-refractivity contribution is 0.0461. The lowest BCUT2D eigenvalue weighted by atomic mass is 10.1. The number of aromatic nitrogens is 4. The van der Waals surface area contributed by atoms with Crippen LogP contribution in [0.15, 0.2) is 34.9 Å². The van der Waals surface area contributed by atoms with E-state index in [1.807, 2.05) is 30.3 Å². The lowest BCUT2D eigenvalue weighted by Gasteiger charge is -2.11. The van der Waals surface area contributed by atoms with Crippen LogP contribution < -0.4 is 10.6 Å². The summed E-state index contributed by atoms with van der Waals surface area (Å²) in [6.45, 7) is 1.51. The van der Waals surface area contributed by atoms with Gasteiger partial charge in [-0.1, -0.05) is 35.5 Å². The summed E-state index contributed by atoms with van der Waals surface area (Å²) in [5, 5.41) is 3.97. The molecule has 2 aromatic heterocycles. The number of hydrogen-bond donors (Lipinski definition) is 1. The number of nitrogen functional groups attached to an aromatic ring is 1. The van der Waals surface area contributed by atoms with E-state index in [2.05, 4.69) is 20.1 Å². The maximum atomic E-state index is 12.6. The van der Waals surface area contributed by atoms with Crippen LogP contribution in [-0.2, 0) is 11.3 Å². The summed E-state index contributed by atoms with van der Waals surface area (Å²) in [6, 6.07) is 9.26. The molecule has 0 aliphatic rings. The van der Waals surface area contributed by atoms with Crippen molar-refractivity contribution in [3.05, 3.63) is 47.5 Å². The third-order valence-corrected chi connectivity index (χ3v) is 3.53. The van der Waals surface area contributed by atoms with Crippen LogP contribution in [0.1, 0.15) is 21.9 Å². The molecule has 0 saturated heterocycles. The van der Waals surface area contributed by atoms with E-state index in [4.69, 9.17) is 15.0 Å². The zero-order valence-corrected chi connectivity index (χ0v) is 14.6. The molecule has 2 heterocycles. The van der Waals surface area contributed by atoms with Gasteiger partial charge in [-0.2, -0.15) is 15.0 Å². The number of carbonyl (C=O) groups is 1. The van der Waals surface area contributed by atoms with Crippen LogP contribution in [0.3, 0.4) is 0 Å². The summed E-state index contributed by atoms with van der Waals surface area (Å²) in [7, 11) is 3.55. The Balaban J connectivity index is 1.81. The number of aryl methyl sites for hydroxylation is 1. The lowest BCUT2D eigenvalue weighted by Crippen LogP contribution is -2.17. The van der Waals surface area contributed by atoms with E-state index < -0.39 is 5.97 Å². The van der Waals surface area contributed by atoms with Crippen molar-refractivity contribution >= 4 is 17.9 Å². The van der Waals surface area contributed by atoms with E-state index in [1.54, 1.807) is 25.9 Å². The number of carbonyl (C=O) groups excluding carboxylic acids is 1. The Morgan fingerprint density at radius 1 is 1.19 bits per heavy atom. The molecule has 134 valence electrons. The second-order valence-corrected chi connectivity index (χ2v) is 5.71. The molecule has 0 bridgehead atoms. The average molecular weight is 354 g/mol. The molecule has 3 rings (SSSR count). The summed E-state index contributed by atoms with van der Waals surface area (Å²) >= 11 is 0. The number of ether oxygens (including phenoxy) is 1. The molecule has 0 aliphatic carbocycles. The SMILES string of the molecule is Cc1onc(-c2ccccc2)c1C(=O)OCc1nc(N)nc(N(C)C)n1. The Hall–Kier alpha value is -3.49. The molecule has 0 saturated carbocycles. The Labute approximate surface area is 149 Å². The van der Waals surface area contributed by atoms with Crippen LogP contribution in [-0.4, -0.2) is 40.2 Å². The first-order chi connectivity index (χ1) is 12.5. The van der Waals surface area contributed by atoms with Gasteiger partial charge >= 0.3 is 5.97 Å². The van der Waals surface area contributed by atoms with Crippen LogP contribution in [0.25, 0.3) is 11.3 Å². The molecule has 0 aliphatic heterocycles. The molecule has 9 heteroatoms. The van der Waals surface area contributed by atoms with Gasteiger partial charge in [0.15, 0.2) is 12.4 Å². The molecule has 9 nitrogen and oxygen atoms in total. The molecule has 0 spiro atoms. The molecular weight excluding hydrogens is 336 g/mol. The van der Waals surface area contributed by atoms with Gasteiger partial charge < -0.3 is 19.9 Å². The molecule has 2 N–H and O–H groups in total. The van der Waals surface area contributed by atoms with Gasteiger partial charge in [0.05, 0.1) is 0 Å². The Morgan fingerprint density at radius 3 is 2.62 bits per heavy atom. The van der Waals surface area contributed by atoms with Crippen molar-refractivity contribution in [1.29, 1.82) is 0 Å². The van der Waals surface area contributed by atoms with E-state index in [1.165, 1.54) is 0 Å². The van der Waals surface area contributed by atoms with E-state index in [-0.39, 0.29) is 23.9 Å². The third-order valence-electron chi connectivity index (χ3n) is 3.53.